The summed E-state index contributed by atoms with van der Waals surface area (Å²) in [6.07, 6.45) is 47.5. The highest BCUT2D eigenvalue weighted by Gasteiger charge is 2.28. The average Bonchev–Trinajstić information content (AvgIpc) is 3.56. The fourth-order valence-electron chi connectivity index (χ4n) is 7.41. The molecule has 2 atom stereocenters. The Morgan fingerprint density at radius 1 is 0.488 bits per heavy atom. The molecule has 1 aliphatic rings. The fraction of sp³-hybridized carbons (Fsp3) is 0.975. The molecule has 2 N–H and O–H groups in total. The molecule has 1 heterocycles. The van der Waals surface area contributed by atoms with Crippen molar-refractivity contribution in [3.8, 4) is 0 Å². The summed E-state index contributed by atoms with van der Waals surface area (Å²) in [4.78, 5) is 0. The lowest BCUT2D eigenvalue weighted by Crippen LogP contribution is -2.34. The number of aliphatic hydroxyl groups is 1. The zero-order valence-corrected chi connectivity index (χ0v) is 29.9. The lowest BCUT2D eigenvalue weighted by molar-refractivity contribution is -0.564. The van der Waals surface area contributed by atoms with Gasteiger partial charge < -0.3 is 5.11 Å². The highest BCUT2D eigenvalue weighted by Crippen LogP contribution is 2.26. The van der Waals surface area contributed by atoms with Crippen LogP contribution in [0, 0.1) is 5.92 Å². The van der Waals surface area contributed by atoms with Gasteiger partial charge in [0, 0.05) is 13.0 Å². The van der Waals surface area contributed by atoms with Gasteiger partial charge in [0.25, 0.3) is 0 Å². The molecule has 3 nitrogen and oxygen atoms in total. The van der Waals surface area contributed by atoms with E-state index in [1.807, 2.05) is 0 Å². The van der Waals surface area contributed by atoms with Crippen LogP contribution in [0.4, 0.5) is 0 Å². The maximum atomic E-state index is 9.88. The van der Waals surface area contributed by atoms with E-state index in [1.165, 1.54) is 199 Å². The van der Waals surface area contributed by atoms with Crippen LogP contribution in [0.15, 0.2) is 0 Å². The third kappa shape index (κ3) is 25.3. The van der Waals surface area contributed by atoms with Gasteiger partial charge in [0.1, 0.15) is 19.1 Å². The largest absolute Gasteiger partial charge is 0.396 e. The van der Waals surface area contributed by atoms with Gasteiger partial charge >= 0.3 is 0 Å². The molecule has 0 fully saturated rings. The minimum Gasteiger partial charge on any atom is -0.396 e. The maximum absolute atomic E-state index is 9.88. The second-order valence-electron chi connectivity index (χ2n) is 14.3. The van der Waals surface area contributed by atoms with Crippen molar-refractivity contribution in [3.05, 3.63) is 0 Å². The van der Waals surface area contributed by atoms with E-state index in [9.17, 15) is 5.11 Å². The predicted octanol–water partition coefficient (Wildman–Crippen LogP) is 12.1. The topological polar surface area (TPSA) is 35.3 Å². The van der Waals surface area contributed by atoms with Crippen molar-refractivity contribution < 1.29 is 9.68 Å². The van der Waals surface area contributed by atoms with Crippen LogP contribution >= 0.6 is 0 Å². The van der Waals surface area contributed by atoms with Gasteiger partial charge in [-0.15, -0.1) is 0 Å². The van der Waals surface area contributed by atoms with Gasteiger partial charge in [-0.1, -0.05) is 200 Å². The molecule has 0 aromatic heterocycles. The Kier molecular flexibility index (Phi) is 30.9. The molecule has 0 spiro atoms. The van der Waals surface area contributed by atoms with Crippen molar-refractivity contribution in [3.63, 3.8) is 0 Å². The van der Waals surface area contributed by atoms with Crippen molar-refractivity contribution in [2.75, 3.05) is 19.7 Å². The van der Waals surface area contributed by atoms with Gasteiger partial charge in [-0.05, 0) is 18.8 Å². The lowest BCUT2D eigenvalue weighted by Gasteiger charge is -2.26. The van der Waals surface area contributed by atoms with Crippen LogP contribution in [0.25, 0.3) is 0 Å². The van der Waals surface area contributed by atoms with Crippen LogP contribution in [0.1, 0.15) is 219 Å². The number of aliphatic hydroxyl groups excluding tert-OH is 1. The van der Waals surface area contributed by atoms with E-state index in [1.54, 1.807) is 0 Å². The number of nitrogens with zero attached hydrogens (tertiary/aromatic N) is 1. The minimum absolute atomic E-state index is 0.323. The van der Waals surface area contributed by atoms with Gasteiger partial charge in [0.05, 0.1) is 0 Å². The molecule has 1 rings (SSSR count). The first-order valence-electron chi connectivity index (χ1n) is 20.3. The van der Waals surface area contributed by atoms with Crippen LogP contribution in [0.3, 0.4) is 0 Å². The molecule has 43 heavy (non-hydrogen) atoms. The van der Waals surface area contributed by atoms with E-state index in [0.29, 0.717) is 12.6 Å². The molecule has 0 saturated carbocycles. The first-order chi connectivity index (χ1) is 21.3. The Labute approximate surface area is 271 Å². The Bertz CT molecular complexity index is 577. The van der Waals surface area contributed by atoms with Crippen LogP contribution in [0.2, 0.25) is 0 Å². The summed E-state index contributed by atoms with van der Waals surface area (Å²) in [7, 11) is 0. The Hall–Kier alpha value is -0.570. The average molecular weight is 606 g/mol. The highest BCUT2D eigenvalue weighted by molar-refractivity contribution is 5.49. The molecule has 0 radical (unpaired) electrons. The molecular weight excluding hydrogens is 524 g/mol. The SMILES string of the molecule is CCCCCCCCCCCCCCCCCC(CCCCCCCCCCCCCCCC)C(CCO)[N+]1=CNCC1. The molecule has 2 unspecified atom stereocenters. The van der Waals surface area contributed by atoms with Crippen LogP contribution < -0.4 is 5.32 Å². The summed E-state index contributed by atoms with van der Waals surface area (Å²) in [5.41, 5.74) is 0. The van der Waals surface area contributed by atoms with Gasteiger partial charge in [0.2, 0.25) is 6.34 Å². The summed E-state index contributed by atoms with van der Waals surface area (Å²) < 4.78 is 2.52. The Morgan fingerprint density at radius 2 is 0.814 bits per heavy atom. The molecule has 0 aromatic carbocycles. The molecular formula is C40H81N2O+. The van der Waals surface area contributed by atoms with Crippen molar-refractivity contribution >= 4 is 6.34 Å². The Morgan fingerprint density at radius 3 is 1.09 bits per heavy atom. The smallest absolute Gasteiger partial charge is 0.232 e. The van der Waals surface area contributed by atoms with Crippen molar-refractivity contribution in [2.24, 2.45) is 5.92 Å². The van der Waals surface area contributed by atoms with E-state index in [2.05, 4.69) is 30.1 Å². The first-order valence-corrected chi connectivity index (χ1v) is 20.3. The number of unbranched alkanes of at least 4 members (excludes halogenated alkanes) is 27. The van der Waals surface area contributed by atoms with Crippen molar-refractivity contribution in [1.29, 1.82) is 0 Å². The molecule has 0 aliphatic carbocycles. The summed E-state index contributed by atoms with van der Waals surface area (Å²) in [6.45, 7) is 7.10. The van der Waals surface area contributed by atoms with Crippen LogP contribution in [0.5, 0.6) is 0 Å². The molecule has 0 saturated heterocycles. The summed E-state index contributed by atoms with van der Waals surface area (Å²) >= 11 is 0. The predicted molar refractivity (Wildman–Crippen MR) is 193 cm³/mol. The normalized spacial score (nSPS) is 14.6. The van der Waals surface area contributed by atoms with E-state index < -0.39 is 0 Å². The quantitative estimate of drug-likeness (QED) is 0.0556. The standard InChI is InChI=1S/C40H80N2O/c1-3-5-7-9-11-13-15-17-19-21-23-25-27-29-31-33-39(40(34-37-43)42-36-35-41-38-42)32-30-28-26-24-22-20-18-16-14-12-10-8-6-4-2/h38-40,43H,3-37H2,1-2H3/p+1. The molecule has 0 bridgehead atoms. The lowest BCUT2D eigenvalue weighted by atomic mass is 9.86. The zero-order valence-electron chi connectivity index (χ0n) is 29.9. The molecule has 0 aromatic rings. The van der Waals surface area contributed by atoms with Gasteiger partial charge in [0.15, 0.2) is 0 Å². The number of rotatable bonds is 35. The van der Waals surface area contributed by atoms with Crippen LogP contribution in [-0.4, -0.2) is 41.8 Å². The van der Waals surface area contributed by atoms with Gasteiger partial charge in [-0.2, -0.15) is 0 Å². The van der Waals surface area contributed by atoms with Crippen molar-refractivity contribution in [2.45, 2.75) is 225 Å². The number of hydrogen-bond donors (Lipinski definition) is 2. The van der Waals surface area contributed by atoms with Gasteiger partial charge in [-0.25, -0.2) is 0 Å². The van der Waals surface area contributed by atoms with Crippen molar-refractivity contribution in [1.82, 2.24) is 5.32 Å². The third-order valence-electron chi connectivity index (χ3n) is 10.3. The third-order valence-corrected chi connectivity index (χ3v) is 10.3. The minimum atomic E-state index is 0.323. The van der Waals surface area contributed by atoms with E-state index in [4.69, 9.17) is 0 Å². The second kappa shape index (κ2) is 32.8. The van der Waals surface area contributed by atoms with Crippen LogP contribution in [-0.2, 0) is 0 Å². The van der Waals surface area contributed by atoms with E-state index >= 15 is 0 Å². The molecule has 256 valence electrons. The summed E-state index contributed by atoms with van der Waals surface area (Å²) in [5, 5.41) is 13.3. The Balaban J connectivity index is 2.13. The van der Waals surface area contributed by atoms with E-state index in [0.717, 1.165) is 25.4 Å². The summed E-state index contributed by atoms with van der Waals surface area (Å²) in [6, 6.07) is 0.522. The van der Waals surface area contributed by atoms with E-state index in [-0.39, 0.29) is 0 Å². The maximum Gasteiger partial charge on any atom is 0.232 e. The number of hydrogen-bond acceptors (Lipinski definition) is 2. The fourth-order valence-corrected chi connectivity index (χ4v) is 7.41. The zero-order chi connectivity index (χ0) is 30.9. The second-order valence-corrected chi connectivity index (χ2v) is 14.3. The molecule has 0 amide bonds. The highest BCUT2D eigenvalue weighted by atomic mass is 16.3. The van der Waals surface area contributed by atoms with Gasteiger partial charge in [-0.3, -0.25) is 9.89 Å². The molecule has 3 heteroatoms. The first kappa shape index (κ1) is 40.5. The number of nitrogens with one attached hydrogen (secondary N) is 1. The molecule has 1 aliphatic heterocycles. The summed E-state index contributed by atoms with van der Waals surface area (Å²) in [5.74, 6) is 0.739. The monoisotopic (exact) mass is 606 g/mol.